The minimum atomic E-state index is -0.103. The van der Waals surface area contributed by atoms with Crippen LogP contribution in [0.4, 0.5) is 0 Å². The summed E-state index contributed by atoms with van der Waals surface area (Å²) >= 11 is 3.49. The zero-order chi connectivity index (χ0) is 17.1. The molecule has 1 heterocycles. The number of nitrogens with zero attached hydrogens (tertiary/aromatic N) is 1. The largest absolute Gasteiger partial charge is 0.508 e. The van der Waals surface area contributed by atoms with E-state index < -0.39 is 0 Å². The average Bonchev–Trinajstić information content (AvgIpc) is 2.58. The Kier molecular flexibility index (Phi) is 5.41. The molecule has 3 rings (SSSR count). The van der Waals surface area contributed by atoms with E-state index in [4.69, 9.17) is 4.74 Å². The molecular weight excluding hydrogens is 370 g/mol. The monoisotopic (exact) mass is 391 g/mol. The third-order valence-electron chi connectivity index (χ3n) is 4.58. The number of ether oxygens (including phenoxy) is 1. The van der Waals surface area contributed by atoms with Crippen molar-refractivity contribution in [1.29, 1.82) is 0 Å². The van der Waals surface area contributed by atoms with Crippen molar-refractivity contribution in [2.24, 2.45) is 5.92 Å². The van der Waals surface area contributed by atoms with E-state index in [-0.39, 0.29) is 11.9 Å². The Morgan fingerprint density at radius 3 is 3.00 bits per heavy atom. The van der Waals surface area contributed by atoms with Gasteiger partial charge in [-0.3, -0.25) is 9.69 Å². The molecule has 0 spiro atoms. The molecule has 0 aromatic heterocycles. The minimum Gasteiger partial charge on any atom is -0.508 e. The third kappa shape index (κ3) is 3.73. The molecular formula is C19H22BrNO3. The van der Waals surface area contributed by atoms with Crippen LogP contribution in [0.25, 0.3) is 10.8 Å². The lowest BCUT2D eigenvalue weighted by Gasteiger charge is -2.31. The van der Waals surface area contributed by atoms with Gasteiger partial charge in [-0.05, 0) is 55.3 Å². The van der Waals surface area contributed by atoms with E-state index in [2.05, 4.69) is 26.9 Å². The van der Waals surface area contributed by atoms with Gasteiger partial charge in [0.25, 0.3) is 0 Å². The molecule has 1 N–H and O–H groups in total. The summed E-state index contributed by atoms with van der Waals surface area (Å²) < 4.78 is 6.19. The predicted molar refractivity (Wildman–Crippen MR) is 97.9 cm³/mol. The van der Waals surface area contributed by atoms with Crippen LogP contribution < -0.4 is 0 Å². The summed E-state index contributed by atoms with van der Waals surface area (Å²) in [4.78, 5) is 14.2. The Morgan fingerprint density at radius 1 is 1.38 bits per heavy atom. The van der Waals surface area contributed by atoms with Crippen molar-refractivity contribution >= 4 is 32.7 Å². The van der Waals surface area contributed by atoms with Crippen molar-refractivity contribution in [3.05, 3.63) is 40.4 Å². The van der Waals surface area contributed by atoms with E-state index in [1.54, 1.807) is 6.07 Å². The van der Waals surface area contributed by atoms with Crippen molar-refractivity contribution in [2.45, 2.75) is 26.3 Å². The maximum absolute atomic E-state index is 12.0. The topological polar surface area (TPSA) is 49.8 Å². The zero-order valence-electron chi connectivity index (χ0n) is 13.8. The first kappa shape index (κ1) is 17.2. The Labute approximate surface area is 150 Å². The average molecular weight is 392 g/mol. The first-order valence-electron chi connectivity index (χ1n) is 8.37. The molecule has 5 heteroatoms. The van der Waals surface area contributed by atoms with Gasteiger partial charge in [-0.2, -0.15) is 0 Å². The van der Waals surface area contributed by atoms with E-state index in [1.807, 2.05) is 25.1 Å². The highest BCUT2D eigenvalue weighted by molar-refractivity contribution is 9.10. The molecule has 1 aliphatic rings. The fourth-order valence-electron chi connectivity index (χ4n) is 3.40. The van der Waals surface area contributed by atoms with Crippen LogP contribution in [0.1, 0.15) is 25.3 Å². The molecule has 0 saturated carbocycles. The minimum absolute atomic E-state index is 0.0648. The summed E-state index contributed by atoms with van der Waals surface area (Å²) in [6.45, 7) is 4.52. The summed E-state index contributed by atoms with van der Waals surface area (Å²) in [5.41, 5.74) is 0.921. The van der Waals surface area contributed by atoms with Crippen LogP contribution in [-0.2, 0) is 16.1 Å². The van der Waals surface area contributed by atoms with Crippen LogP contribution >= 0.6 is 15.9 Å². The number of likely N-dealkylation sites (tertiary alicyclic amines) is 1. The quantitative estimate of drug-likeness (QED) is 0.797. The number of halogens is 1. The summed E-state index contributed by atoms with van der Waals surface area (Å²) in [5.74, 6) is 0.140. The van der Waals surface area contributed by atoms with Gasteiger partial charge >= 0.3 is 5.97 Å². The Bertz CT molecular complexity index is 747. The number of phenols is 1. The van der Waals surface area contributed by atoms with Crippen LogP contribution in [0.15, 0.2) is 34.8 Å². The predicted octanol–water partition coefficient (Wildman–Crippen LogP) is 4.08. The number of carbonyl (C=O) groups is 1. The third-order valence-corrected chi connectivity index (χ3v) is 5.07. The summed E-state index contributed by atoms with van der Waals surface area (Å²) in [6.07, 6.45) is 1.85. The molecule has 4 nitrogen and oxygen atoms in total. The Morgan fingerprint density at radius 2 is 2.21 bits per heavy atom. The first-order valence-corrected chi connectivity index (χ1v) is 9.17. The molecule has 0 radical (unpaired) electrons. The second kappa shape index (κ2) is 7.53. The van der Waals surface area contributed by atoms with Gasteiger partial charge in [0.05, 0.1) is 12.5 Å². The molecule has 1 fully saturated rings. The smallest absolute Gasteiger partial charge is 0.310 e. The molecule has 0 bridgehead atoms. The molecule has 0 aliphatic carbocycles. The van der Waals surface area contributed by atoms with Crippen molar-refractivity contribution in [1.82, 2.24) is 4.90 Å². The molecule has 128 valence electrons. The summed E-state index contributed by atoms with van der Waals surface area (Å²) in [6, 6.07) is 9.74. The lowest BCUT2D eigenvalue weighted by molar-refractivity contribution is -0.150. The number of carbonyl (C=O) groups excluding carboxylic acids is 1. The number of fused-ring (bicyclic) bond motifs is 1. The SMILES string of the molecule is CCOC(=O)[C@@H]1CCCN(Cc2c(O)ccc3cc(Br)ccc23)C1. The highest BCUT2D eigenvalue weighted by Crippen LogP contribution is 2.31. The lowest BCUT2D eigenvalue weighted by Crippen LogP contribution is -2.39. The van der Waals surface area contributed by atoms with Crippen LogP contribution in [0, 0.1) is 5.92 Å². The highest BCUT2D eigenvalue weighted by atomic mass is 79.9. The first-order chi connectivity index (χ1) is 11.6. The van der Waals surface area contributed by atoms with Crippen molar-refractivity contribution in [2.75, 3.05) is 19.7 Å². The van der Waals surface area contributed by atoms with Crippen molar-refractivity contribution in [3.63, 3.8) is 0 Å². The number of aromatic hydroxyl groups is 1. The molecule has 1 atom stereocenters. The number of piperidine rings is 1. The Hall–Kier alpha value is -1.59. The molecule has 2 aromatic rings. The number of esters is 1. The van der Waals surface area contributed by atoms with E-state index in [1.165, 1.54) is 0 Å². The van der Waals surface area contributed by atoms with Crippen LogP contribution in [0.3, 0.4) is 0 Å². The molecule has 0 amide bonds. The molecule has 1 saturated heterocycles. The van der Waals surface area contributed by atoms with Gasteiger partial charge in [0.15, 0.2) is 0 Å². The molecule has 2 aromatic carbocycles. The van der Waals surface area contributed by atoms with Gasteiger partial charge in [0.1, 0.15) is 5.75 Å². The van der Waals surface area contributed by atoms with Gasteiger partial charge in [-0.15, -0.1) is 0 Å². The van der Waals surface area contributed by atoms with E-state index >= 15 is 0 Å². The van der Waals surface area contributed by atoms with Crippen molar-refractivity contribution < 1.29 is 14.6 Å². The van der Waals surface area contributed by atoms with Gasteiger partial charge in [0, 0.05) is 23.1 Å². The van der Waals surface area contributed by atoms with Crippen LogP contribution in [0.5, 0.6) is 5.75 Å². The lowest BCUT2D eigenvalue weighted by atomic mass is 9.96. The molecule has 1 aliphatic heterocycles. The normalized spacial score (nSPS) is 18.7. The molecule has 24 heavy (non-hydrogen) atoms. The second-order valence-corrected chi connectivity index (χ2v) is 7.17. The second-order valence-electron chi connectivity index (χ2n) is 6.26. The van der Waals surface area contributed by atoms with Crippen molar-refractivity contribution in [3.8, 4) is 5.75 Å². The van der Waals surface area contributed by atoms with Gasteiger partial charge in [0.2, 0.25) is 0 Å². The number of benzene rings is 2. The number of hydrogen-bond donors (Lipinski definition) is 1. The van der Waals surface area contributed by atoms with E-state index in [0.717, 1.165) is 40.2 Å². The fraction of sp³-hybridized carbons (Fsp3) is 0.421. The highest BCUT2D eigenvalue weighted by Gasteiger charge is 2.27. The zero-order valence-corrected chi connectivity index (χ0v) is 15.4. The fourth-order valence-corrected chi connectivity index (χ4v) is 3.77. The van der Waals surface area contributed by atoms with Crippen LogP contribution in [-0.4, -0.2) is 35.7 Å². The number of hydrogen-bond acceptors (Lipinski definition) is 4. The van der Waals surface area contributed by atoms with Gasteiger partial charge in [-0.25, -0.2) is 0 Å². The van der Waals surface area contributed by atoms with Crippen LogP contribution in [0.2, 0.25) is 0 Å². The maximum Gasteiger partial charge on any atom is 0.310 e. The standard InChI is InChI=1S/C19H22BrNO3/c1-2-24-19(23)14-4-3-9-21(11-14)12-17-16-7-6-15(20)10-13(16)5-8-18(17)22/h5-8,10,14,22H,2-4,9,11-12H2,1H3/t14-/m1/s1. The summed E-state index contributed by atoms with van der Waals surface area (Å²) in [5, 5.41) is 12.5. The number of phenolic OH excluding ortho intramolecular Hbond substituents is 1. The molecule has 0 unspecified atom stereocenters. The van der Waals surface area contributed by atoms with Gasteiger partial charge in [-0.1, -0.05) is 28.1 Å². The van der Waals surface area contributed by atoms with E-state index in [0.29, 0.717) is 25.4 Å². The Balaban J connectivity index is 1.81. The number of rotatable bonds is 4. The maximum atomic E-state index is 12.0. The van der Waals surface area contributed by atoms with Gasteiger partial charge < -0.3 is 9.84 Å². The summed E-state index contributed by atoms with van der Waals surface area (Å²) in [7, 11) is 0. The van der Waals surface area contributed by atoms with E-state index in [9.17, 15) is 9.90 Å².